The molecule has 1 heterocycles. The van der Waals surface area contributed by atoms with Crippen LogP contribution in [0, 0.1) is 0 Å². The molecule has 130 valence electrons. The van der Waals surface area contributed by atoms with Gasteiger partial charge in [0.2, 0.25) is 0 Å². The van der Waals surface area contributed by atoms with Gasteiger partial charge < -0.3 is 20.1 Å². The van der Waals surface area contributed by atoms with Gasteiger partial charge in [-0.15, -0.1) is 0 Å². The van der Waals surface area contributed by atoms with Gasteiger partial charge >= 0.3 is 6.03 Å². The van der Waals surface area contributed by atoms with E-state index in [9.17, 15) is 9.90 Å². The van der Waals surface area contributed by atoms with Crippen LogP contribution in [0.3, 0.4) is 0 Å². The van der Waals surface area contributed by atoms with Crippen LogP contribution in [-0.4, -0.2) is 48.9 Å². The smallest absolute Gasteiger partial charge is 0.318 e. The molecule has 1 aromatic carbocycles. The van der Waals surface area contributed by atoms with Crippen molar-refractivity contribution in [2.45, 2.75) is 31.7 Å². The highest BCUT2D eigenvalue weighted by Crippen LogP contribution is 2.35. The molecule has 0 spiro atoms. The number of fused-ring (bicyclic) bond motifs is 1. The Balaban J connectivity index is 1.59. The first kappa shape index (κ1) is 17.0. The first-order chi connectivity index (χ1) is 11.8. The number of aliphatic hydroxyl groups is 1. The Morgan fingerprint density at radius 1 is 1.33 bits per heavy atom. The lowest BCUT2D eigenvalue weighted by Crippen LogP contribution is -2.43. The molecule has 2 N–H and O–H groups in total. The third-order valence-electron chi connectivity index (χ3n) is 4.86. The number of carbonyl (C=O) groups is 1. The molecule has 24 heavy (non-hydrogen) atoms. The van der Waals surface area contributed by atoms with Crippen LogP contribution in [0.5, 0.6) is 0 Å². The Hall–Kier alpha value is -1.85. The summed E-state index contributed by atoms with van der Waals surface area (Å²) in [6.07, 6.45) is 5.84. The van der Waals surface area contributed by atoms with Crippen molar-refractivity contribution < 1.29 is 14.6 Å². The molecule has 2 amide bonds. The van der Waals surface area contributed by atoms with Gasteiger partial charge in [0.05, 0.1) is 25.9 Å². The fourth-order valence-corrected chi connectivity index (χ4v) is 3.59. The average Bonchev–Trinajstić information content (AvgIpc) is 3.04. The molecule has 1 atom stereocenters. The third-order valence-corrected chi connectivity index (χ3v) is 4.86. The molecule has 1 unspecified atom stereocenters. The SMILES string of the molecule is O=C(NCCC1=CCOCC1)N(CCO)C1CCc2ccccc21. The molecular weight excluding hydrogens is 304 g/mol. The summed E-state index contributed by atoms with van der Waals surface area (Å²) in [5, 5.41) is 12.4. The van der Waals surface area contributed by atoms with Crippen LogP contribution in [0.25, 0.3) is 0 Å². The number of hydrogen-bond acceptors (Lipinski definition) is 3. The molecule has 1 aliphatic carbocycles. The fraction of sp³-hybridized carbons (Fsp3) is 0.526. The van der Waals surface area contributed by atoms with E-state index in [2.05, 4.69) is 23.5 Å². The van der Waals surface area contributed by atoms with E-state index in [0.717, 1.165) is 32.3 Å². The molecule has 3 rings (SSSR count). The number of aryl methyl sites for hydroxylation is 1. The number of nitrogens with one attached hydrogen (secondary N) is 1. The second-order valence-corrected chi connectivity index (χ2v) is 6.34. The van der Waals surface area contributed by atoms with Crippen LogP contribution in [0.1, 0.15) is 36.4 Å². The Morgan fingerprint density at radius 3 is 3.00 bits per heavy atom. The number of rotatable bonds is 6. The Bertz CT molecular complexity index is 600. The lowest BCUT2D eigenvalue weighted by atomic mass is 10.1. The molecule has 0 saturated heterocycles. The Labute approximate surface area is 143 Å². The number of benzene rings is 1. The van der Waals surface area contributed by atoms with Crippen molar-refractivity contribution in [2.24, 2.45) is 0 Å². The van der Waals surface area contributed by atoms with E-state index in [-0.39, 0.29) is 18.7 Å². The van der Waals surface area contributed by atoms with E-state index in [4.69, 9.17) is 4.74 Å². The van der Waals surface area contributed by atoms with Gasteiger partial charge in [-0.1, -0.05) is 35.9 Å². The standard InChI is InChI=1S/C19H26N2O3/c22-12-11-21(18-6-5-16-3-1-2-4-17(16)18)19(23)20-10-7-15-8-13-24-14-9-15/h1-4,8,18,22H,5-7,9-14H2,(H,20,23). The minimum absolute atomic E-state index is 0.0193. The summed E-state index contributed by atoms with van der Waals surface area (Å²) < 4.78 is 5.30. The number of urea groups is 1. The van der Waals surface area contributed by atoms with Crippen molar-refractivity contribution in [2.75, 3.05) is 32.9 Å². The van der Waals surface area contributed by atoms with Gasteiger partial charge in [0, 0.05) is 13.1 Å². The number of amides is 2. The van der Waals surface area contributed by atoms with Crippen LogP contribution < -0.4 is 5.32 Å². The van der Waals surface area contributed by atoms with Crippen molar-refractivity contribution in [1.82, 2.24) is 10.2 Å². The Morgan fingerprint density at radius 2 is 2.21 bits per heavy atom. The van der Waals surface area contributed by atoms with Crippen LogP contribution in [-0.2, 0) is 11.2 Å². The average molecular weight is 330 g/mol. The summed E-state index contributed by atoms with van der Waals surface area (Å²) in [5.41, 5.74) is 3.88. The first-order valence-corrected chi connectivity index (χ1v) is 8.78. The maximum Gasteiger partial charge on any atom is 0.318 e. The van der Waals surface area contributed by atoms with E-state index < -0.39 is 0 Å². The highest BCUT2D eigenvalue weighted by atomic mass is 16.5. The van der Waals surface area contributed by atoms with E-state index in [1.54, 1.807) is 4.90 Å². The summed E-state index contributed by atoms with van der Waals surface area (Å²) in [4.78, 5) is 14.4. The Kier molecular flexibility index (Phi) is 5.88. The maximum atomic E-state index is 12.6. The minimum Gasteiger partial charge on any atom is -0.395 e. The van der Waals surface area contributed by atoms with Gasteiger partial charge in [0.25, 0.3) is 0 Å². The molecule has 0 aromatic heterocycles. The van der Waals surface area contributed by atoms with Crippen molar-refractivity contribution in [3.05, 3.63) is 47.0 Å². The largest absolute Gasteiger partial charge is 0.395 e. The number of nitrogens with zero attached hydrogens (tertiary/aromatic N) is 1. The van der Waals surface area contributed by atoms with Gasteiger partial charge in [0.1, 0.15) is 0 Å². The monoisotopic (exact) mass is 330 g/mol. The molecule has 5 nitrogen and oxygen atoms in total. The second kappa shape index (κ2) is 8.31. The molecule has 1 aliphatic heterocycles. The molecule has 1 aromatic rings. The van der Waals surface area contributed by atoms with Crippen LogP contribution in [0.2, 0.25) is 0 Å². The van der Waals surface area contributed by atoms with E-state index >= 15 is 0 Å². The van der Waals surface area contributed by atoms with E-state index in [1.165, 1.54) is 16.7 Å². The molecule has 0 fully saturated rings. The van der Waals surface area contributed by atoms with Gasteiger partial charge in [-0.2, -0.15) is 0 Å². The fourth-order valence-electron chi connectivity index (χ4n) is 3.59. The van der Waals surface area contributed by atoms with E-state index in [0.29, 0.717) is 19.7 Å². The highest BCUT2D eigenvalue weighted by molar-refractivity contribution is 5.75. The van der Waals surface area contributed by atoms with Gasteiger partial charge in [0.15, 0.2) is 0 Å². The van der Waals surface area contributed by atoms with Crippen molar-refractivity contribution in [3.63, 3.8) is 0 Å². The zero-order chi connectivity index (χ0) is 16.8. The van der Waals surface area contributed by atoms with Crippen molar-refractivity contribution in [1.29, 1.82) is 0 Å². The number of ether oxygens (including phenoxy) is 1. The number of hydrogen-bond donors (Lipinski definition) is 2. The molecule has 0 saturated carbocycles. The number of carbonyl (C=O) groups excluding carboxylic acids is 1. The van der Waals surface area contributed by atoms with Gasteiger partial charge in [-0.3, -0.25) is 0 Å². The summed E-state index contributed by atoms with van der Waals surface area (Å²) in [6, 6.07) is 8.26. The van der Waals surface area contributed by atoms with Crippen molar-refractivity contribution >= 4 is 6.03 Å². The first-order valence-electron chi connectivity index (χ1n) is 8.78. The summed E-state index contributed by atoms with van der Waals surface area (Å²) in [7, 11) is 0. The quantitative estimate of drug-likeness (QED) is 0.788. The molecule has 0 bridgehead atoms. The molecule has 0 radical (unpaired) electrons. The van der Waals surface area contributed by atoms with Gasteiger partial charge in [-0.05, 0) is 36.8 Å². The predicted octanol–water partition coefficient (Wildman–Crippen LogP) is 2.41. The van der Waals surface area contributed by atoms with Crippen LogP contribution in [0.4, 0.5) is 4.79 Å². The minimum atomic E-state index is -0.0848. The van der Waals surface area contributed by atoms with Crippen LogP contribution >= 0.6 is 0 Å². The van der Waals surface area contributed by atoms with Gasteiger partial charge in [-0.25, -0.2) is 4.79 Å². The topological polar surface area (TPSA) is 61.8 Å². The number of aliphatic hydroxyl groups excluding tert-OH is 1. The normalized spacial score (nSPS) is 19.5. The highest BCUT2D eigenvalue weighted by Gasteiger charge is 2.30. The van der Waals surface area contributed by atoms with Crippen molar-refractivity contribution in [3.8, 4) is 0 Å². The molecule has 5 heteroatoms. The second-order valence-electron chi connectivity index (χ2n) is 6.34. The zero-order valence-electron chi connectivity index (χ0n) is 14.0. The maximum absolute atomic E-state index is 12.6. The third kappa shape index (κ3) is 3.97. The molecule has 2 aliphatic rings. The summed E-state index contributed by atoms with van der Waals surface area (Å²) >= 11 is 0. The lowest BCUT2D eigenvalue weighted by Gasteiger charge is -2.29. The zero-order valence-corrected chi connectivity index (χ0v) is 14.0. The predicted molar refractivity (Wildman–Crippen MR) is 92.8 cm³/mol. The summed E-state index contributed by atoms with van der Waals surface area (Å²) in [6.45, 7) is 2.42. The lowest BCUT2D eigenvalue weighted by molar-refractivity contribution is 0.150. The molecular formula is C19H26N2O3. The summed E-state index contributed by atoms with van der Waals surface area (Å²) in [5.74, 6) is 0. The van der Waals surface area contributed by atoms with E-state index in [1.807, 2.05) is 12.1 Å². The van der Waals surface area contributed by atoms with Crippen LogP contribution in [0.15, 0.2) is 35.9 Å².